The highest BCUT2D eigenvalue weighted by atomic mass is 16.4. The summed E-state index contributed by atoms with van der Waals surface area (Å²) in [6.45, 7) is 3.28. The van der Waals surface area contributed by atoms with Gasteiger partial charge >= 0.3 is 5.97 Å². The van der Waals surface area contributed by atoms with Gasteiger partial charge in [0.1, 0.15) is 6.04 Å². The molecular weight excluding hydrogens is 210 g/mol. The van der Waals surface area contributed by atoms with E-state index in [0.29, 0.717) is 6.42 Å². The standard InChI is InChI=1S/C10H17N3O3/c1-7(4-5-11)13(3)6-9(10(15)16)12-8(2)14/h7,9H,4,6H2,1-3H3,(H,12,14)(H,15,16). The number of hydrogen-bond donors (Lipinski definition) is 2. The Kier molecular flexibility index (Phi) is 6.11. The number of hydrogen-bond acceptors (Lipinski definition) is 4. The fourth-order valence-electron chi connectivity index (χ4n) is 1.19. The van der Waals surface area contributed by atoms with E-state index in [1.165, 1.54) is 6.92 Å². The first-order valence-electron chi connectivity index (χ1n) is 4.95. The van der Waals surface area contributed by atoms with Gasteiger partial charge in [0.2, 0.25) is 5.91 Å². The van der Waals surface area contributed by atoms with Crippen LogP contribution in [0.4, 0.5) is 0 Å². The molecule has 0 aliphatic carbocycles. The number of carbonyl (C=O) groups is 2. The minimum absolute atomic E-state index is 0.0411. The number of nitriles is 1. The molecule has 2 atom stereocenters. The molecule has 0 radical (unpaired) electrons. The van der Waals surface area contributed by atoms with Gasteiger partial charge in [0, 0.05) is 19.5 Å². The maximum atomic E-state index is 10.8. The minimum atomic E-state index is -1.08. The van der Waals surface area contributed by atoms with Crippen molar-refractivity contribution in [2.75, 3.05) is 13.6 Å². The summed E-state index contributed by atoms with van der Waals surface area (Å²) < 4.78 is 0. The predicted molar refractivity (Wildman–Crippen MR) is 57.6 cm³/mol. The van der Waals surface area contributed by atoms with Crippen LogP contribution in [0.2, 0.25) is 0 Å². The van der Waals surface area contributed by atoms with Crippen molar-refractivity contribution in [3.63, 3.8) is 0 Å². The van der Waals surface area contributed by atoms with E-state index in [2.05, 4.69) is 5.32 Å². The number of amides is 1. The number of carboxylic acid groups (broad SMARTS) is 1. The summed E-state index contributed by atoms with van der Waals surface area (Å²) in [6, 6.07) is 1.03. The van der Waals surface area contributed by atoms with Crippen LogP contribution in [0.25, 0.3) is 0 Å². The number of rotatable bonds is 6. The summed E-state index contributed by atoms with van der Waals surface area (Å²) in [7, 11) is 1.72. The number of carbonyl (C=O) groups excluding carboxylic acids is 1. The molecule has 0 aromatic heterocycles. The van der Waals surface area contributed by atoms with Crippen molar-refractivity contribution in [1.82, 2.24) is 10.2 Å². The van der Waals surface area contributed by atoms with Gasteiger partial charge in [-0.3, -0.25) is 4.79 Å². The molecule has 6 nitrogen and oxygen atoms in total. The predicted octanol–water partition coefficient (Wildman–Crippen LogP) is -0.190. The summed E-state index contributed by atoms with van der Waals surface area (Å²) in [4.78, 5) is 23.4. The van der Waals surface area contributed by atoms with Crippen molar-refractivity contribution in [2.45, 2.75) is 32.4 Å². The lowest BCUT2D eigenvalue weighted by Crippen LogP contribution is -2.48. The van der Waals surface area contributed by atoms with E-state index in [4.69, 9.17) is 10.4 Å². The van der Waals surface area contributed by atoms with Crippen molar-refractivity contribution in [1.29, 1.82) is 5.26 Å². The molecular formula is C10H17N3O3. The van der Waals surface area contributed by atoms with E-state index in [0.717, 1.165) is 0 Å². The molecule has 0 heterocycles. The Labute approximate surface area is 94.8 Å². The maximum absolute atomic E-state index is 10.8. The molecule has 0 aliphatic heterocycles. The highest BCUT2D eigenvalue weighted by Gasteiger charge is 2.22. The van der Waals surface area contributed by atoms with Gasteiger partial charge in [-0.1, -0.05) is 0 Å². The molecule has 0 fully saturated rings. The molecule has 0 aromatic rings. The van der Waals surface area contributed by atoms with Crippen LogP contribution < -0.4 is 5.32 Å². The van der Waals surface area contributed by atoms with Gasteiger partial charge in [0.25, 0.3) is 0 Å². The van der Waals surface area contributed by atoms with Gasteiger partial charge in [-0.05, 0) is 14.0 Å². The number of carboxylic acids is 1. The molecule has 0 aromatic carbocycles. The Morgan fingerprint density at radius 2 is 2.12 bits per heavy atom. The van der Waals surface area contributed by atoms with Crippen molar-refractivity contribution < 1.29 is 14.7 Å². The fourth-order valence-corrected chi connectivity index (χ4v) is 1.19. The highest BCUT2D eigenvalue weighted by molar-refractivity contribution is 5.82. The SMILES string of the molecule is CC(=O)NC(CN(C)C(C)CC#N)C(=O)O. The van der Waals surface area contributed by atoms with Crippen LogP contribution in [0, 0.1) is 11.3 Å². The van der Waals surface area contributed by atoms with E-state index in [-0.39, 0.29) is 18.5 Å². The van der Waals surface area contributed by atoms with Crippen LogP contribution in [0.5, 0.6) is 0 Å². The van der Waals surface area contributed by atoms with Gasteiger partial charge < -0.3 is 15.3 Å². The van der Waals surface area contributed by atoms with Crippen molar-refractivity contribution in [3.05, 3.63) is 0 Å². The van der Waals surface area contributed by atoms with Crippen molar-refractivity contribution >= 4 is 11.9 Å². The summed E-state index contributed by atoms with van der Waals surface area (Å²) in [5.74, 6) is -1.46. The average Bonchev–Trinajstić information content (AvgIpc) is 2.16. The quantitative estimate of drug-likeness (QED) is 0.656. The molecule has 2 unspecified atom stereocenters. The first kappa shape index (κ1) is 14.4. The minimum Gasteiger partial charge on any atom is -0.480 e. The Balaban J connectivity index is 4.34. The smallest absolute Gasteiger partial charge is 0.327 e. The third-order valence-electron chi connectivity index (χ3n) is 2.29. The molecule has 0 bridgehead atoms. The van der Waals surface area contributed by atoms with Gasteiger partial charge in [-0.2, -0.15) is 5.26 Å². The van der Waals surface area contributed by atoms with Crippen LogP contribution in [0.3, 0.4) is 0 Å². The molecule has 2 N–H and O–H groups in total. The van der Waals surface area contributed by atoms with E-state index < -0.39 is 12.0 Å². The van der Waals surface area contributed by atoms with Crippen LogP contribution in [-0.4, -0.2) is 47.6 Å². The zero-order valence-corrected chi connectivity index (χ0v) is 9.73. The molecule has 0 rings (SSSR count). The number of likely N-dealkylation sites (N-methyl/N-ethyl adjacent to an activating group) is 1. The molecule has 0 spiro atoms. The van der Waals surface area contributed by atoms with E-state index in [1.807, 2.05) is 13.0 Å². The highest BCUT2D eigenvalue weighted by Crippen LogP contribution is 2.01. The van der Waals surface area contributed by atoms with Crippen LogP contribution in [-0.2, 0) is 9.59 Å². The normalized spacial score (nSPS) is 13.9. The first-order valence-corrected chi connectivity index (χ1v) is 4.95. The van der Waals surface area contributed by atoms with Gasteiger partial charge in [0.05, 0.1) is 12.5 Å². The molecule has 0 aliphatic rings. The second-order valence-corrected chi connectivity index (χ2v) is 3.74. The van der Waals surface area contributed by atoms with E-state index >= 15 is 0 Å². The lowest BCUT2D eigenvalue weighted by atomic mass is 10.2. The number of aliphatic carboxylic acids is 1. The average molecular weight is 227 g/mol. The number of nitrogens with one attached hydrogen (secondary N) is 1. The molecule has 1 amide bonds. The van der Waals surface area contributed by atoms with E-state index in [9.17, 15) is 9.59 Å². The van der Waals surface area contributed by atoms with Crippen LogP contribution in [0.1, 0.15) is 20.3 Å². The summed E-state index contributed by atoms with van der Waals surface area (Å²) >= 11 is 0. The zero-order valence-electron chi connectivity index (χ0n) is 9.73. The summed E-state index contributed by atoms with van der Waals surface area (Å²) in [6.07, 6.45) is 0.322. The number of nitrogens with zero attached hydrogens (tertiary/aromatic N) is 2. The van der Waals surface area contributed by atoms with Gasteiger partial charge in [-0.15, -0.1) is 0 Å². The van der Waals surface area contributed by atoms with Crippen LogP contribution in [0.15, 0.2) is 0 Å². The zero-order chi connectivity index (χ0) is 12.7. The second-order valence-electron chi connectivity index (χ2n) is 3.74. The molecule has 0 saturated carbocycles. The molecule has 90 valence electrons. The first-order chi connectivity index (χ1) is 7.38. The lowest BCUT2D eigenvalue weighted by Gasteiger charge is -2.26. The van der Waals surface area contributed by atoms with Crippen molar-refractivity contribution in [3.8, 4) is 6.07 Å². The van der Waals surface area contributed by atoms with Crippen LogP contribution >= 0.6 is 0 Å². The Morgan fingerprint density at radius 3 is 2.50 bits per heavy atom. The molecule has 16 heavy (non-hydrogen) atoms. The summed E-state index contributed by atoms with van der Waals surface area (Å²) in [5, 5.41) is 19.7. The Hall–Kier alpha value is -1.61. The monoisotopic (exact) mass is 227 g/mol. The topological polar surface area (TPSA) is 93.4 Å². The lowest BCUT2D eigenvalue weighted by molar-refractivity contribution is -0.142. The third-order valence-corrected chi connectivity index (χ3v) is 2.29. The fraction of sp³-hybridized carbons (Fsp3) is 0.700. The molecule has 0 saturated heterocycles. The summed E-state index contributed by atoms with van der Waals surface area (Å²) in [5.41, 5.74) is 0. The third kappa shape index (κ3) is 5.32. The largest absolute Gasteiger partial charge is 0.480 e. The molecule has 6 heteroatoms. The van der Waals surface area contributed by atoms with Gasteiger partial charge in [0.15, 0.2) is 0 Å². The Bertz CT molecular complexity index is 298. The second kappa shape index (κ2) is 6.80. The van der Waals surface area contributed by atoms with Gasteiger partial charge in [-0.25, -0.2) is 4.79 Å². The Morgan fingerprint density at radius 1 is 1.56 bits per heavy atom. The van der Waals surface area contributed by atoms with Crippen molar-refractivity contribution in [2.24, 2.45) is 0 Å². The van der Waals surface area contributed by atoms with E-state index in [1.54, 1.807) is 11.9 Å². The maximum Gasteiger partial charge on any atom is 0.327 e.